The lowest BCUT2D eigenvalue weighted by Gasteiger charge is -2.11. The zero-order valence-corrected chi connectivity index (χ0v) is 19.2. The number of benzene rings is 2. The molecule has 0 saturated heterocycles. The fourth-order valence-electron chi connectivity index (χ4n) is 3.07. The summed E-state index contributed by atoms with van der Waals surface area (Å²) in [5.41, 5.74) is 2.50. The second-order valence-electron chi connectivity index (χ2n) is 7.25. The second kappa shape index (κ2) is 12.6. The van der Waals surface area contributed by atoms with Crippen LogP contribution in [0, 0.1) is 5.82 Å². The minimum Gasteiger partial charge on any atom is -0.497 e. The van der Waals surface area contributed by atoms with Crippen LogP contribution < -0.4 is 9.47 Å². The van der Waals surface area contributed by atoms with Crippen molar-refractivity contribution in [2.45, 2.75) is 29.9 Å². The van der Waals surface area contributed by atoms with Crippen molar-refractivity contribution in [2.75, 3.05) is 13.7 Å². The largest absolute Gasteiger partial charge is 0.497 e. The maximum absolute atomic E-state index is 13.1. The Kier molecular flexibility index (Phi) is 9.32. The normalized spacial score (nSPS) is 11.0. The number of methoxy groups -OCH3 is 1. The molecular weight excluding hydrogens is 441 g/mol. The molecule has 0 aliphatic heterocycles. The Labute approximate surface area is 197 Å². The quantitative estimate of drug-likeness (QED) is 0.200. The molecule has 33 heavy (non-hydrogen) atoms. The summed E-state index contributed by atoms with van der Waals surface area (Å²) in [6.45, 7) is 0.509. The molecule has 0 amide bonds. The van der Waals surface area contributed by atoms with E-state index in [1.165, 1.54) is 35.5 Å². The standard InChI is InChI=1S/C26H26FNO4S/c1-31-22-10-5-19(6-11-22)4-2-3-17-32-25-15-9-21(28-24(25)14-16-26(29)30)18-33-23-12-7-20(27)8-13-23/h5-16H,2-4,17-18H2,1H3,(H,29,30)/b16-14+. The summed E-state index contributed by atoms with van der Waals surface area (Å²) in [6.07, 6.45) is 5.26. The fourth-order valence-corrected chi connectivity index (χ4v) is 3.87. The van der Waals surface area contributed by atoms with Crippen LogP contribution in [-0.2, 0) is 17.0 Å². The van der Waals surface area contributed by atoms with E-state index in [0.717, 1.165) is 41.7 Å². The summed E-state index contributed by atoms with van der Waals surface area (Å²) < 4.78 is 24.1. The van der Waals surface area contributed by atoms with Gasteiger partial charge in [0.05, 0.1) is 19.4 Å². The number of unbranched alkanes of at least 4 members (excludes halogenated alkanes) is 1. The number of hydrogen-bond donors (Lipinski definition) is 1. The molecule has 172 valence electrons. The third kappa shape index (κ3) is 8.27. The molecule has 0 bridgehead atoms. The van der Waals surface area contributed by atoms with Gasteiger partial charge in [0, 0.05) is 16.7 Å². The van der Waals surface area contributed by atoms with E-state index in [4.69, 9.17) is 14.6 Å². The molecule has 0 unspecified atom stereocenters. The molecule has 0 saturated carbocycles. The number of aliphatic carboxylic acids is 1. The Balaban J connectivity index is 1.55. The highest BCUT2D eigenvalue weighted by atomic mass is 32.2. The van der Waals surface area contributed by atoms with Gasteiger partial charge in [-0.3, -0.25) is 0 Å². The first-order chi connectivity index (χ1) is 16.0. The van der Waals surface area contributed by atoms with Gasteiger partial charge in [0.1, 0.15) is 23.0 Å². The lowest BCUT2D eigenvalue weighted by atomic mass is 10.1. The number of rotatable bonds is 12. The van der Waals surface area contributed by atoms with Crippen molar-refractivity contribution < 1.29 is 23.8 Å². The number of nitrogens with zero attached hydrogens (tertiary/aromatic N) is 1. The van der Waals surface area contributed by atoms with Gasteiger partial charge in [0.2, 0.25) is 0 Å². The number of thioether (sulfide) groups is 1. The van der Waals surface area contributed by atoms with Crippen LogP contribution in [0.3, 0.4) is 0 Å². The van der Waals surface area contributed by atoms with Crippen molar-refractivity contribution in [3.63, 3.8) is 0 Å². The minimum atomic E-state index is -1.05. The van der Waals surface area contributed by atoms with Crippen molar-refractivity contribution in [3.05, 3.63) is 89.5 Å². The molecule has 2 aromatic carbocycles. The number of aryl methyl sites for hydroxylation is 1. The number of carboxylic acid groups (broad SMARTS) is 1. The summed E-state index contributed by atoms with van der Waals surface area (Å²) >= 11 is 1.53. The van der Waals surface area contributed by atoms with E-state index >= 15 is 0 Å². The van der Waals surface area contributed by atoms with Gasteiger partial charge < -0.3 is 14.6 Å². The number of aromatic nitrogens is 1. The van der Waals surface area contributed by atoms with Crippen LogP contribution in [0.4, 0.5) is 4.39 Å². The number of hydrogen-bond acceptors (Lipinski definition) is 5. The predicted octanol–water partition coefficient (Wildman–Crippen LogP) is 6.02. The monoisotopic (exact) mass is 467 g/mol. The summed E-state index contributed by atoms with van der Waals surface area (Å²) in [5, 5.41) is 9.00. The second-order valence-corrected chi connectivity index (χ2v) is 8.30. The van der Waals surface area contributed by atoms with Crippen LogP contribution in [-0.4, -0.2) is 29.8 Å². The highest BCUT2D eigenvalue weighted by Crippen LogP contribution is 2.25. The first-order valence-electron chi connectivity index (χ1n) is 10.6. The summed E-state index contributed by atoms with van der Waals surface area (Å²) in [7, 11) is 1.65. The Morgan fingerprint density at radius 2 is 1.82 bits per heavy atom. The van der Waals surface area contributed by atoms with Crippen LogP contribution in [0.5, 0.6) is 11.5 Å². The fraction of sp³-hybridized carbons (Fsp3) is 0.231. The van der Waals surface area contributed by atoms with Crippen molar-refractivity contribution in [1.29, 1.82) is 0 Å². The zero-order valence-electron chi connectivity index (χ0n) is 18.4. The van der Waals surface area contributed by atoms with E-state index in [1.807, 2.05) is 24.3 Å². The molecule has 7 heteroatoms. The van der Waals surface area contributed by atoms with Gasteiger partial charge in [-0.1, -0.05) is 12.1 Å². The molecule has 0 aliphatic rings. The van der Waals surface area contributed by atoms with E-state index in [2.05, 4.69) is 17.1 Å². The molecule has 0 fully saturated rings. The third-order valence-corrected chi connectivity index (χ3v) is 5.85. The number of carboxylic acids is 1. The Hall–Kier alpha value is -3.32. The number of carbonyl (C=O) groups is 1. The van der Waals surface area contributed by atoms with Gasteiger partial charge in [-0.25, -0.2) is 14.2 Å². The molecule has 3 aromatic rings. The molecule has 5 nitrogen and oxygen atoms in total. The Morgan fingerprint density at radius 3 is 2.52 bits per heavy atom. The predicted molar refractivity (Wildman–Crippen MR) is 128 cm³/mol. The summed E-state index contributed by atoms with van der Waals surface area (Å²) in [4.78, 5) is 16.5. The first kappa shape index (κ1) is 24.3. The topological polar surface area (TPSA) is 68.7 Å². The molecular formula is C26H26FNO4S. The van der Waals surface area contributed by atoms with Crippen LogP contribution in [0.2, 0.25) is 0 Å². The van der Waals surface area contributed by atoms with E-state index in [1.54, 1.807) is 19.2 Å². The van der Waals surface area contributed by atoms with Gasteiger partial charge in [-0.05, 0) is 79.4 Å². The smallest absolute Gasteiger partial charge is 0.328 e. The molecule has 0 radical (unpaired) electrons. The highest BCUT2D eigenvalue weighted by Gasteiger charge is 2.07. The van der Waals surface area contributed by atoms with E-state index in [9.17, 15) is 9.18 Å². The van der Waals surface area contributed by atoms with Crippen molar-refractivity contribution in [2.24, 2.45) is 0 Å². The van der Waals surface area contributed by atoms with Gasteiger partial charge in [-0.2, -0.15) is 0 Å². The average Bonchev–Trinajstić information content (AvgIpc) is 2.83. The van der Waals surface area contributed by atoms with Crippen molar-refractivity contribution >= 4 is 23.8 Å². The van der Waals surface area contributed by atoms with Gasteiger partial charge >= 0.3 is 5.97 Å². The SMILES string of the molecule is COc1ccc(CCCCOc2ccc(CSc3ccc(F)cc3)nc2/C=C/C(=O)O)cc1. The van der Waals surface area contributed by atoms with E-state index in [-0.39, 0.29) is 5.82 Å². The van der Waals surface area contributed by atoms with Crippen LogP contribution in [0.15, 0.2) is 71.6 Å². The van der Waals surface area contributed by atoms with Crippen LogP contribution >= 0.6 is 11.8 Å². The van der Waals surface area contributed by atoms with E-state index < -0.39 is 5.97 Å². The third-order valence-electron chi connectivity index (χ3n) is 4.80. The molecule has 1 N–H and O–H groups in total. The molecule has 3 rings (SSSR count). The van der Waals surface area contributed by atoms with Crippen LogP contribution in [0.1, 0.15) is 29.8 Å². The maximum atomic E-state index is 13.1. The Bertz CT molecular complexity index is 1070. The molecule has 0 atom stereocenters. The summed E-state index contributed by atoms with van der Waals surface area (Å²) in [6, 6.07) is 18.0. The first-order valence-corrected chi connectivity index (χ1v) is 11.6. The van der Waals surface area contributed by atoms with Gasteiger partial charge in [-0.15, -0.1) is 11.8 Å². The number of halogens is 1. The number of pyridine rings is 1. The van der Waals surface area contributed by atoms with Gasteiger partial charge in [0.15, 0.2) is 0 Å². The lowest BCUT2D eigenvalue weighted by molar-refractivity contribution is -0.131. The molecule has 1 heterocycles. The van der Waals surface area contributed by atoms with Crippen LogP contribution in [0.25, 0.3) is 6.08 Å². The maximum Gasteiger partial charge on any atom is 0.328 e. The highest BCUT2D eigenvalue weighted by molar-refractivity contribution is 7.98. The lowest BCUT2D eigenvalue weighted by Crippen LogP contribution is -2.02. The molecule has 1 aromatic heterocycles. The van der Waals surface area contributed by atoms with Gasteiger partial charge in [0.25, 0.3) is 0 Å². The van der Waals surface area contributed by atoms with Crippen molar-refractivity contribution in [3.8, 4) is 11.5 Å². The minimum absolute atomic E-state index is 0.274. The zero-order chi connectivity index (χ0) is 23.5. The molecule has 0 spiro atoms. The van der Waals surface area contributed by atoms with Crippen molar-refractivity contribution in [1.82, 2.24) is 4.98 Å². The summed E-state index contributed by atoms with van der Waals surface area (Å²) in [5.74, 6) is 0.641. The average molecular weight is 468 g/mol. The molecule has 0 aliphatic carbocycles. The van der Waals surface area contributed by atoms with E-state index in [0.29, 0.717) is 23.8 Å². The number of ether oxygens (including phenoxy) is 2. The Morgan fingerprint density at radius 1 is 1.06 bits per heavy atom.